The summed E-state index contributed by atoms with van der Waals surface area (Å²) in [5.74, 6) is -0.784. The fraction of sp³-hybridized carbons (Fsp3) is 0.368. The number of aliphatic hydroxyl groups excluding tert-OH is 1. The molecule has 2 unspecified atom stereocenters. The van der Waals surface area contributed by atoms with Crippen molar-refractivity contribution in [3.8, 4) is 0 Å². The Balaban J connectivity index is 2.04. The standard InChI is InChI=1S/C19H23FN2O3/c1-10(9-16(24)14-5-7-15(20)8-6-14)21-19(25)18-11(2)17(13(4)23)12(3)22-18/h5-8,10,16,22,24H,9H2,1-4H3,(H,21,25). The van der Waals surface area contributed by atoms with E-state index in [9.17, 15) is 19.1 Å². The zero-order valence-corrected chi connectivity index (χ0v) is 14.8. The highest BCUT2D eigenvalue weighted by atomic mass is 19.1. The molecular weight excluding hydrogens is 323 g/mol. The van der Waals surface area contributed by atoms with Crippen molar-refractivity contribution in [2.45, 2.75) is 46.3 Å². The Morgan fingerprint density at radius 1 is 1.24 bits per heavy atom. The smallest absolute Gasteiger partial charge is 0.268 e. The second kappa shape index (κ2) is 7.61. The van der Waals surface area contributed by atoms with Gasteiger partial charge in [0.2, 0.25) is 0 Å². The van der Waals surface area contributed by atoms with Crippen LogP contribution in [0.25, 0.3) is 0 Å². The highest BCUT2D eigenvalue weighted by Gasteiger charge is 2.21. The molecule has 1 heterocycles. The molecule has 3 N–H and O–H groups in total. The zero-order chi connectivity index (χ0) is 18.7. The maximum Gasteiger partial charge on any atom is 0.268 e. The van der Waals surface area contributed by atoms with Gasteiger partial charge in [-0.15, -0.1) is 0 Å². The van der Waals surface area contributed by atoms with Crippen molar-refractivity contribution in [3.63, 3.8) is 0 Å². The molecule has 0 fully saturated rings. The predicted molar refractivity (Wildman–Crippen MR) is 93.2 cm³/mol. The Kier molecular flexibility index (Phi) is 5.74. The van der Waals surface area contributed by atoms with Crippen molar-refractivity contribution in [1.82, 2.24) is 10.3 Å². The van der Waals surface area contributed by atoms with E-state index in [-0.39, 0.29) is 30.0 Å². The van der Waals surface area contributed by atoms with Crippen molar-refractivity contribution in [2.24, 2.45) is 0 Å². The lowest BCUT2D eigenvalue weighted by Gasteiger charge is -2.18. The van der Waals surface area contributed by atoms with Gasteiger partial charge >= 0.3 is 0 Å². The van der Waals surface area contributed by atoms with Crippen LogP contribution in [0.5, 0.6) is 0 Å². The zero-order valence-electron chi connectivity index (χ0n) is 14.8. The van der Waals surface area contributed by atoms with E-state index in [2.05, 4.69) is 10.3 Å². The maximum atomic E-state index is 12.9. The molecule has 25 heavy (non-hydrogen) atoms. The van der Waals surface area contributed by atoms with Gasteiger partial charge in [0.1, 0.15) is 11.5 Å². The number of aromatic nitrogens is 1. The quantitative estimate of drug-likeness (QED) is 0.703. The number of halogens is 1. The molecule has 1 amide bonds. The number of nitrogens with one attached hydrogen (secondary N) is 2. The number of carbonyl (C=O) groups is 2. The monoisotopic (exact) mass is 346 g/mol. The minimum Gasteiger partial charge on any atom is -0.388 e. The second-order valence-corrected chi connectivity index (χ2v) is 6.36. The summed E-state index contributed by atoms with van der Waals surface area (Å²) in [5, 5.41) is 13.0. The second-order valence-electron chi connectivity index (χ2n) is 6.36. The molecule has 0 aliphatic rings. The van der Waals surface area contributed by atoms with Crippen LogP contribution >= 0.6 is 0 Å². The first-order chi connectivity index (χ1) is 11.7. The molecule has 0 aliphatic heterocycles. The highest BCUT2D eigenvalue weighted by Crippen LogP contribution is 2.21. The van der Waals surface area contributed by atoms with E-state index in [0.29, 0.717) is 28.1 Å². The first-order valence-electron chi connectivity index (χ1n) is 8.15. The van der Waals surface area contributed by atoms with Crippen molar-refractivity contribution in [1.29, 1.82) is 0 Å². The third-order valence-corrected chi connectivity index (χ3v) is 4.23. The van der Waals surface area contributed by atoms with E-state index in [1.807, 2.05) is 0 Å². The largest absolute Gasteiger partial charge is 0.388 e. The van der Waals surface area contributed by atoms with E-state index in [4.69, 9.17) is 0 Å². The molecular formula is C19H23FN2O3. The van der Waals surface area contributed by atoms with Crippen LogP contribution in [-0.2, 0) is 0 Å². The number of amides is 1. The molecule has 0 aliphatic carbocycles. The first kappa shape index (κ1) is 18.9. The van der Waals surface area contributed by atoms with Gasteiger partial charge in [-0.1, -0.05) is 12.1 Å². The number of hydrogen-bond acceptors (Lipinski definition) is 3. The molecule has 0 saturated heterocycles. The number of carbonyl (C=O) groups excluding carboxylic acids is 2. The summed E-state index contributed by atoms with van der Waals surface area (Å²) < 4.78 is 12.9. The van der Waals surface area contributed by atoms with Crippen LogP contribution in [0.4, 0.5) is 4.39 Å². The van der Waals surface area contributed by atoms with Crippen molar-refractivity contribution >= 4 is 11.7 Å². The molecule has 1 aromatic heterocycles. The van der Waals surface area contributed by atoms with Gasteiger partial charge in [0.15, 0.2) is 5.78 Å². The van der Waals surface area contributed by atoms with Gasteiger partial charge < -0.3 is 15.4 Å². The molecule has 1 aromatic carbocycles. The van der Waals surface area contributed by atoms with Gasteiger partial charge in [-0.3, -0.25) is 9.59 Å². The number of benzene rings is 1. The molecule has 5 nitrogen and oxygen atoms in total. The molecule has 6 heteroatoms. The van der Waals surface area contributed by atoms with E-state index in [0.717, 1.165) is 0 Å². The lowest BCUT2D eigenvalue weighted by molar-refractivity contribution is 0.0911. The average molecular weight is 346 g/mol. The van der Waals surface area contributed by atoms with Gasteiger partial charge in [0.05, 0.1) is 6.10 Å². The van der Waals surface area contributed by atoms with E-state index in [1.165, 1.54) is 31.2 Å². The van der Waals surface area contributed by atoms with Crippen LogP contribution in [-0.4, -0.2) is 27.8 Å². The first-order valence-corrected chi connectivity index (χ1v) is 8.15. The fourth-order valence-corrected chi connectivity index (χ4v) is 3.02. The van der Waals surface area contributed by atoms with Crippen LogP contribution in [0.2, 0.25) is 0 Å². The van der Waals surface area contributed by atoms with Crippen molar-refractivity contribution in [2.75, 3.05) is 0 Å². The Bertz CT molecular complexity index is 781. The summed E-state index contributed by atoms with van der Waals surface area (Å²) in [7, 11) is 0. The molecule has 2 aromatic rings. The Hall–Kier alpha value is -2.47. The number of H-pyrrole nitrogens is 1. The topological polar surface area (TPSA) is 82.2 Å². The van der Waals surface area contributed by atoms with Gasteiger partial charge in [-0.05, 0) is 57.4 Å². The van der Waals surface area contributed by atoms with E-state index >= 15 is 0 Å². The number of Topliss-reactive ketones (excluding diaryl/α,β-unsaturated/α-hetero) is 1. The number of rotatable bonds is 6. The third kappa shape index (κ3) is 4.33. The Labute approximate surface area is 146 Å². The normalized spacial score (nSPS) is 13.4. The summed E-state index contributed by atoms with van der Waals surface area (Å²) in [6.45, 7) is 6.73. The summed E-state index contributed by atoms with van der Waals surface area (Å²) >= 11 is 0. The van der Waals surface area contributed by atoms with Gasteiger partial charge in [0, 0.05) is 17.3 Å². The molecule has 0 saturated carbocycles. The summed E-state index contributed by atoms with van der Waals surface area (Å²) in [6.07, 6.45) is -0.523. The molecule has 2 atom stereocenters. The lowest BCUT2D eigenvalue weighted by Crippen LogP contribution is -2.34. The van der Waals surface area contributed by atoms with Crippen LogP contribution in [0, 0.1) is 19.7 Å². The van der Waals surface area contributed by atoms with Crippen LogP contribution in [0.1, 0.15) is 64.0 Å². The number of aliphatic hydroxyl groups is 1. The summed E-state index contributed by atoms with van der Waals surface area (Å²) in [4.78, 5) is 27.1. The minimum absolute atomic E-state index is 0.0925. The lowest BCUT2D eigenvalue weighted by atomic mass is 10.0. The molecule has 0 bridgehead atoms. The summed E-state index contributed by atoms with van der Waals surface area (Å²) in [5.41, 5.74) is 2.76. The molecule has 0 radical (unpaired) electrons. The van der Waals surface area contributed by atoms with E-state index in [1.54, 1.807) is 20.8 Å². The highest BCUT2D eigenvalue weighted by molar-refractivity contribution is 6.02. The van der Waals surface area contributed by atoms with Crippen LogP contribution in [0.15, 0.2) is 24.3 Å². The number of ketones is 1. The van der Waals surface area contributed by atoms with Crippen molar-refractivity contribution < 1.29 is 19.1 Å². The molecule has 134 valence electrons. The number of hydrogen-bond donors (Lipinski definition) is 3. The fourth-order valence-electron chi connectivity index (χ4n) is 3.02. The van der Waals surface area contributed by atoms with Gasteiger partial charge in [-0.2, -0.15) is 0 Å². The number of aryl methyl sites for hydroxylation is 1. The van der Waals surface area contributed by atoms with E-state index < -0.39 is 6.10 Å². The van der Waals surface area contributed by atoms with Gasteiger partial charge in [-0.25, -0.2) is 4.39 Å². The van der Waals surface area contributed by atoms with Gasteiger partial charge in [0.25, 0.3) is 5.91 Å². The maximum absolute atomic E-state index is 12.9. The summed E-state index contributed by atoms with van der Waals surface area (Å²) in [6, 6.07) is 5.31. The Morgan fingerprint density at radius 2 is 1.84 bits per heavy atom. The van der Waals surface area contributed by atoms with Crippen LogP contribution in [0.3, 0.4) is 0 Å². The van der Waals surface area contributed by atoms with Crippen molar-refractivity contribution in [3.05, 3.63) is 58.2 Å². The molecule has 2 rings (SSSR count). The SMILES string of the molecule is CC(=O)c1c(C)[nH]c(C(=O)NC(C)CC(O)c2ccc(F)cc2)c1C. The minimum atomic E-state index is -0.810. The molecule has 0 spiro atoms. The average Bonchev–Trinajstić information content (AvgIpc) is 2.82. The Morgan fingerprint density at radius 3 is 2.36 bits per heavy atom. The third-order valence-electron chi connectivity index (χ3n) is 4.23. The predicted octanol–water partition coefficient (Wildman–Crippen LogP) is 3.22. The number of aromatic amines is 1. The van der Waals surface area contributed by atoms with Crippen LogP contribution < -0.4 is 5.32 Å².